The van der Waals surface area contributed by atoms with Gasteiger partial charge in [0.2, 0.25) is 12.7 Å². The Labute approximate surface area is 156 Å². The molecule has 1 amide bonds. The summed E-state index contributed by atoms with van der Waals surface area (Å²) in [4.78, 5) is 27.3. The smallest absolute Gasteiger partial charge is 0.251 e. The van der Waals surface area contributed by atoms with Crippen molar-refractivity contribution in [2.24, 2.45) is 0 Å². The molecule has 0 radical (unpaired) electrons. The van der Waals surface area contributed by atoms with Crippen molar-refractivity contribution >= 4 is 16.8 Å². The van der Waals surface area contributed by atoms with E-state index in [1.807, 2.05) is 49.4 Å². The highest BCUT2D eigenvalue weighted by atomic mass is 16.7. The molecule has 6 nitrogen and oxygen atoms in total. The second-order valence-electron chi connectivity index (χ2n) is 6.68. The minimum atomic E-state index is -0.142. The van der Waals surface area contributed by atoms with E-state index in [9.17, 15) is 9.59 Å². The van der Waals surface area contributed by atoms with Crippen LogP contribution >= 0.6 is 0 Å². The van der Waals surface area contributed by atoms with Gasteiger partial charge in [-0.05, 0) is 54.1 Å². The molecule has 0 bridgehead atoms. The Morgan fingerprint density at radius 3 is 2.85 bits per heavy atom. The van der Waals surface area contributed by atoms with Crippen molar-refractivity contribution in [2.45, 2.75) is 26.3 Å². The van der Waals surface area contributed by atoms with Gasteiger partial charge in [-0.2, -0.15) is 0 Å². The lowest BCUT2D eigenvalue weighted by atomic mass is 10.1. The predicted octanol–water partition coefficient (Wildman–Crippen LogP) is 2.81. The Balaban J connectivity index is 1.36. The molecule has 0 fully saturated rings. The molecular weight excluding hydrogens is 344 g/mol. The largest absolute Gasteiger partial charge is 0.454 e. The summed E-state index contributed by atoms with van der Waals surface area (Å²) in [6, 6.07) is 13.4. The fraction of sp³-hybridized carbons (Fsp3) is 0.238. The van der Waals surface area contributed by atoms with Crippen LogP contribution in [0.3, 0.4) is 0 Å². The fourth-order valence-corrected chi connectivity index (χ4v) is 3.13. The highest BCUT2D eigenvalue weighted by Crippen LogP contribution is 2.32. The van der Waals surface area contributed by atoms with E-state index in [1.165, 1.54) is 0 Å². The second kappa shape index (κ2) is 7.15. The molecule has 6 heteroatoms. The third-order valence-electron chi connectivity index (χ3n) is 4.63. The highest BCUT2D eigenvalue weighted by molar-refractivity contribution is 5.80. The Morgan fingerprint density at radius 2 is 1.96 bits per heavy atom. The molecule has 2 heterocycles. The molecule has 0 saturated carbocycles. The van der Waals surface area contributed by atoms with Gasteiger partial charge >= 0.3 is 0 Å². The van der Waals surface area contributed by atoms with E-state index in [4.69, 9.17) is 9.47 Å². The SMILES string of the molecule is Cc1ccc2cc(CCC(=O)NCc3ccc4c(c3)OCO4)c(=O)[nH]c2c1. The monoisotopic (exact) mass is 364 g/mol. The van der Waals surface area contributed by atoms with E-state index < -0.39 is 0 Å². The minimum Gasteiger partial charge on any atom is -0.454 e. The van der Waals surface area contributed by atoms with Gasteiger partial charge in [0.1, 0.15) is 0 Å². The van der Waals surface area contributed by atoms with Crippen LogP contribution in [0.1, 0.15) is 23.1 Å². The Kier molecular flexibility index (Phi) is 4.54. The first-order chi connectivity index (χ1) is 13.1. The van der Waals surface area contributed by atoms with Crippen LogP contribution in [0.2, 0.25) is 0 Å². The lowest BCUT2D eigenvalue weighted by molar-refractivity contribution is -0.121. The van der Waals surface area contributed by atoms with E-state index in [1.54, 1.807) is 0 Å². The zero-order valence-corrected chi connectivity index (χ0v) is 15.0. The second-order valence-corrected chi connectivity index (χ2v) is 6.68. The molecule has 1 aliphatic heterocycles. The first kappa shape index (κ1) is 17.1. The lowest BCUT2D eigenvalue weighted by Gasteiger charge is -2.07. The fourth-order valence-electron chi connectivity index (χ4n) is 3.13. The summed E-state index contributed by atoms with van der Waals surface area (Å²) in [6.07, 6.45) is 0.650. The van der Waals surface area contributed by atoms with Gasteiger partial charge in [-0.1, -0.05) is 18.2 Å². The maximum Gasteiger partial charge on any atom is 0.251 e. The first-order valence-electron chi connectivity index (χ1n) is 8.86. The Hall–Kier alpha value is -3.28. The third kappa shape index (κ3) is 3.79. The summed E-state index contributed by atoms with van der Waals surface area (Å²) in [6.45, 7) is 2.62. The number of hydrogen-bond donors (Lipinski definition) is 2. The van der Waals surface area contributed by atoms with Crippen LogP contribution in [0, 0.1) is 6.92 Å². The van der Waals surface area contributed by atoms with Gasteiger partial charge in [-0.15, -0.1) is 0 Å². The molecule has 0 saturated heterocycles. The number of ether oxygens (including phenoxy) is 2. The van der Waals surface area contributed by atoms with Crippen LogP contribution in [0.25, 0.3) is 10.9 Å². The van der Waals surface area contributed by atoms with Crippen LogP contribution in [-0.4, -0.2) is 17.7 Å². The van der Waals surface area contributed by atoms with Crippen molar-refractivity contribution in [3.8, 4) is 11.5 Å². The number of H-pyrrole nitrogens is 1. The van der Waals surface area contributed by atoms with Crippen molar-refractivity contribution < 1.29 is 14.3 Å². The van der Waals surface area contributed by atoms with Crippen molar-refractivity contribution in [1.82, 2.24) is 10.3 Å². The van der Waals surface area contributed by atoms with Crippen LogP contribution in [0.15, 0.2) is 47.3 Å². The zero-order valence-electron chi connectivity index (χ0n) is 15.0. The van der Waals surface area contributed by atoms with Gasteiger partial charge in [-0.3, -0.25) is 9.59 Å². The van der Waals surface area contributed by atoms with E-state index in [0.717, 1.165) is 27.8 Å². The summed E-state index contributed by atoms with van der Waals surface area (Å²) >= 11 is 0. The summed E-state index contributed by atoms with van der Waals surface area (Å²) < 4.78 is 10.6. The number of fused-ring (bicyclic) bond motifs is 2. The molecule has 27 heavy (non-hydrogen) atoms. The number of nitrogens with one attached hydrogen (secondary N) is 2. The molecule has 0 unspecified atom stereocenters. The number of aromatic nitrogens is 1. The maximum atomic E-state index is 12.2. The summed E-state index contributed by atoms with van der Waals surface area (Å²) in [7, 11) is 0. The van der Waals surface area contributed by atoms with Crippen molar-refractivity contribution in [1.29, 1.82) is 0 Å². The van der Waals surface area contributed by atoms with E-state index in [0.29, 0.717) is 24.3 Å². The zero-order chi connectivity index (χ0) is 18.8. The average Bonchev–Trinajstić information content (AvgIpc) is 3.12. The number of amides is 1. The molecule has 0 atom stereocenters. The van der Waals surface area contributed by atoms with Gasteiger partial charge in [0.15, 0.2) is 11.5 Å². The average molecular weight is 364 g/mol. The molecule has 1 aliphatic rings. The molecule has 0 spiro atoms. The number of pyridine rings is 1. The molecule has 138 valence electrons. The van der Waals surface area contributed by atoms with Gasteiger partial charge < -0.3 is 19.8 Å². The van der Waals surface area contributed by atoms with Crippen LogP contribution < -0.4 is 20.3 Å². The third-order valence-corrected chi connectivity index (χ3v) is 4.63. The maximum absolute atomic E-state index is 12.2. The predicted molar refractivity (Wildman–Crippen MR) is 102 cm³/mol. The normalized spacial score (nSPS) is 12.3. The van der Waals surface area contributed by atoms with Crippen LogP contribution in [0.4, 0.5) is 0 Å². The van der Waals surface area contributed by atoms with E-state index in [-0.39, 0.29) is 24.7 Å². The number of aromatic amines is 1. The van der Waals surface area contributed by atoms with E-state index in [2.05, 4.69) is 10.3 Å². The van der Waals surface area contributed by atoms with Crippen molar-refractivity contribution in [2.75, 3.05) is 6.79 Å². The molecular formula is C21H20N2O4. The van der Waals surface area contributed by atoms with E-state index >= 15 is 0 Å². The molecule has 3 aromatic rings. The van der Waals surface area contributed by atoms with Gasteiger partial charge in [0.05, 0.1) is 0 Å². The number of aryl methyl sites for hydroxylation is 2. The topological polar surface area (TPSA) is 80.4 Å². The Morgan fingerprint density at radius 1 is 1.11 bits per heavy atom. The van der Waals surface area contributed by atoms with Crippen LogP contribution in [-0.2, 0) is 17.8 Å². The standard InChI is InChI=1S/C21H20N2O4/c1-13-2-4-15-10-16(21(25)23-17(15)8-13)5-7-20(24)22-11-14-3-6-18-19(9-14)27-12-26-18/h2-4,6,8-10H,5,7,11-12H2,1H3,(H,22,24)(H,23,25). The number of hydrogen-bond acceptors (Lipinski definition) is 4. The molecule has 4 rings (SSSR count). The molecule has 1 aromatic heterocycles. The number of carbonyl (C=O) groups is 1. The van der Waals surface area contributed by atoms with Gasteiger partial charge in [0.25, 0.3) is 5.56 Å². The van der Waals surface area contributed by atoms with Crippen molar-refractivity contribution in [3.05, 3.63) is 69.5 Å². The highest BCUT2D eigenvalue weighted by Gasteiger charge is 2.13. The summed E-state index contributed by atoms with van der Waals surface area (Å²) in [5.41, 5.74) is 3.32. The quantitative estimate of drug-likeness (QED) is 0.730. The van der Waals surface area contributed by atoms with Crippen LogP contribution in [0.5, 0.6) is 11.5 Å². The molecule has 2 aromatic carbocycles. The number of rotatable bonds is 5. The lowest BCUT2D eigenvalue weighted by Crippen LogP contribution is -2.24. The Bertz CT molecular complexity index is 1070. The number of carbonyl (C=O) groups excluding carboxylic acids is 1. The number of benzene rings is 2. The summed E-state index contributed by atoms with van der Waals surface area (Å²) in [5, 5.41) is 3.85. The molecule has 0 aliphatic carbocycles. The first-order valence-corrected chi connectivity index (χ1v) is 8.86. The molecule has 2 N–H and O–H groups in total. The summed E-state index contributed by atoms with van der Waals surface area (Å²) in [5.74, 6) is 1.31. The van der Waals surface area contributed by atoms with Gasteiger partial charge in [0, 0.05) is 24.0 Å². The minimum absolute atomic E-state index is 0.101. The van der Waals surface area contributed by atoms with Crippen molar-refractivity contribution in [3.63, 3.8) is 0 Å². The van der Waals surface area contributed by atoms with Gasteiger partial charge in [-0.25, -0.2) is 0 Å².